The van der Waals surface area contributed by atoms with E-state index in [9.17, 15) is 0 Å². The lowest BCUT2D eigenvalue weighted by molar-refractivity contribution is 0.719. The topological polar surface area (TPSA) is 17.8 Å². The molecule has 0 N–H and O–H groups in total. The Morgan fingerprint density at radius 2 is 1.75 bits per heavy atom. The molecule has 0 amide bonds. The molecule has 1 aromatic carbocycles. The van der Waals surface area contributed by atoms with Crippen LogP contribution in [0, 0.1) is 0 Å². The number of rotatable bonds is 2. The van der Waals surface area contributed by atoms with Gasteiger partial charge in [0.05, 0.1) is 11.0 Å². The number of aromatic nitrogens is 2. The molecule has 0 aliphatic heterocycles. The molecule has 2 aromatic rings. The van der Waals surface area contributed by atoms with E-state index in [0.717, 1.165) is 5.52 Å². The summed E-state index contributed by atoms with van der Waals surface area (Å²) in [6, 6.07) is 6.42. The Balaban J connectivity index is 2.77. The molecule has 2 rings (SSSR count). The average Bonchev–Trinajstić information content (AvgIpc) is 2.56. The fraction of sp³-hybridized carbons (Fsp3) is 0.500. The highest BCUT2D eigenvalue weighted by molar-refractivity contribution is 5.80. The molecule has 16 heavy (non-hydrogen) atoms. The van der Waals surface area contributed by atoms with E-state index < -0.39 is 0 Å². The summed E-state index contributed by atoms with van der Waals surface area (Å²) in [6.07, 6.45) is 0. The standard InChI is InChI=1S/C14H20N2/c1-9(2)11-7-6-8-12-13(11)16(5)14(15-12)10(3)4/h6-10H,1-5H3. The van der Waals surface area contributed by atoms with Crippen LogP contribution in [0.5, 0.6) is 0 Å². The molecule has 0 saturated heterocycles. The van der Waals surface area contributed by atoms with Crippen molar-refractivity contribution >= 4 is 11.0 Å². The molecule has 2 nitrogen and oxygen atoms in total. The second-order valence-electron chi connectivity index (χ2n) is 5.05. The van der Waals surface area contributed by atoms with Crippen LogP contribution >= 0.6 is 0 Å². The van der Waals surface area contributed by atoms with Crippen molar-refractivity contribution in [1.29, 1.82) is 0 Å². The second kappa shape index (κ2) is 3.93. The Kier molecular flexibility index (Phi) is 2.75. The number of aryl methyl sites for hydroxylation is 1. The minimum absolute atomic E-state index is 0.470. The van der Waals surface area contributed by atoms with Gasteiger partial charge in [-0.1, -0.05) is 39.8 Å². The van der Waals surface area contributed by atoms with Crippen LogP contribution in [0.2, 0.25) is 0 Å². The average molecular weight is 216 g/mol. The van der Waals surface area contributed by atoms with Crippen molar-refractivity contribution in [1.82, 2.24) is 9.55 Å². The van der Waals surface area contributed by atoms with Gasteiger partial charge in [0.2, 0.25) is 0 Å². The number of fused-ring (bicyclic) bond motifs is 1. The summed E-state index contributed by atoms with van der Waals surface area (Å²) in [5, 5.41) is 0. The van der Waals surface area contributed by atoms with Crippen molar-refractivity contribution in [2.45, 2.75) is 39.5 Å². The van der Waals surface area contributed by atoms with Crippen LogP contribution in [0.4, 0.5) is 0 Å². The summed E-state index contributed by atoms with van der Waals surface area (Å²) in [6.45, 7) is 8.85. The molecule has 0 radical (unpaired) electrons. The van der Waals surface area contributed by atoms with Gasteiger partial charge in [0.25, 0.3) is 0 Å². The van der Waals surface area contributed by atoms with Gasteiger partial charge >= 0.3 is 0 Å². The van der Waals surface area contributed by atoms with E-state index in [4.69, 9.17) is 4.98 Å². The molecule has 2 heteroatoms. The number of nitrogens with zero attached hydrogens (tertiary/aromatic N) is 2. The fourth-order valence-corrected chi connectivity index (χ4v) is 2.30. The number of benzene rings is 1. The van der Waals surface area contributed by atoms with Gasteiger partial charge in [0.1, 0.15) is 5.82 Å². The van der Waals surface area contributed by atoms with Crippen LogP contribution in [0.3, 0.4) is 0 Å². The maximum absolute atomic E-state index is 4.72. The second-order valence-corrected chi connectivity index (χ2v) is 5.05. The summed E-state index contributed by atoms with van der Waals surface area (Å²) in [7, 11) is 2.12. The van der Waals surface area contributed by atoms with Crippen molar-refractivity contribution < 1.29 is 0 Å². The molecular weight excluding hydrogens is 196 g/mol. The number of hydrogen-bond acceptors (Lipinski definition) is 1. The van der Waals surface area contributed by atoms with Gasteiger partial charge in [0, 0.05) is 13.0 Å². The van der Waals surface area contributed by atoms with E-state index in [1.54, 1.807) is 0 Å². The summed E-state index contributed by atoms with van der Waals surface area (Å²) >= 11 is 0. The maximum atomic E-state index is 4.72. The molecule has 0 aliphatic rings. The lowest BCUT2D eigenvalue weighted by atomic mass is 10.0. The zero-order valence-corrected chi connectivity index (χ0v) is 10.8. The van der Waals surface area contributed by atoms with E-state index in [-0.39, 0.29) is 0 Å². The normalized spacial score (nSPS) is 11.9. The first-order chi connectivity index (χ1) is 7.52. The van der Waals surface area contributed by atoms with Crippen molar-refractivity contribution in [3.8, 4) is 0 Å². The van der Waals surface area contributed by atoms with Crippen molar-refractivity contribution in [3.05, 3.63) is 29.6 Å². The third-order valence-electron chi connectivity index (χ3n) is 3.10. The Hall–Kier alpha value is -1.31. The largest absolute Gasteiger partial charge is 0.331 e. The van der Waals surface area contributed by atoms with E-state index in [0.29, 0.717) is 11.8 Å². The van der Waals surface area contributed by atoms with Gasteiger partial charge < -0.3 is 4.57 Å². The van der Waals surface area contributed by atoms with Gasteiger partial charge in [-0.05, 0) is 17.5 Å². The van der Waals surface area contributed by atoms with Crippen molar-refractivity contribution in [2.24, 2.45) is 7.05 Å². The van der Waals surface area contributed by atoms with Crippen LogP contribution in [-0.2, 0) is 7.05 Å². The monoisotopic (exact) mass is 216 g/mol. The minimum Gasteiger partial charge on any atom is -0.331 e. The SMILES string of the molecule is CC(C)c1cccc2nc(C(C)C)n(C)c12. The third-order valence-corrected chi connectivity index (χ3v) is 3.10. The van der Waals surface area contributed by atoms with Gasteiger partial charge in [0.15, 0.2) is 0 Å². The molecule has 1 heterocycles. The lowest BCUT2D eigenvalue weighted by Gasteiger charge is -2.10. The molecule has 0 saturated carbocycles. The molecule has 1 aromatic heterocycles. The fourth-order valence-electron chi connectivity index (χ4n) is 2.30. The van der Waals surface area contributed by atoms with E-state index in [1.165, 1.54) is 16.9 Å². The van der Waals surface area contributed by atoms with E-state index >= 15 is 0 Å². The van der Waals surface area contributed by atoms with E-state index in [2.05, 4.69) is 57.5 Å². The summed E-state index contributed by atoms with van der Waals surface area (Å²) in [5.41, 5.74) is 3.80. The predicted octanol–water partition coefficient (Wildman–Crippen LogP) is 3.82. The predicted molar refractivity (Wildman–Crippen MR) is 68.9 cm³/mol. The molecule has 0 atom stereocenters. The third kappa shape index (κ3) is 1.62. The van der Waals surface area contributed by atoms with E-state index in [1.807, 2.05) is 0 Å². The highest BCUT2D eigenvalue weighted by Crippen LogP contribution is 2.27. The summed E-state index contributed by atoms with van der Waals surface area (Å²) in [4.78, 5) is 4.72. The van der Waals surface area contributed by atoms with Crippen LogP contribution in [0.25, 0.3) is 11.0 Å². The molecular formula is C14H20N2. The first kappa shape index (κ1) is 11.2. The highest BCUT2D eigenvalue weighted by atomic mass is 15.1. The summed E-state index contributed by atoms with van der Waals surface area (Å²) < 4.78 is 2.25. The first-order valence-electron chi connectivity index (χ1n) is 5.97. The molecule has 0 fully saturated rings. The van der Waals surface area contributed by atoms with Gasteiger partial charge in [-0.15, -0.1) is 0 Å². The lowest BCUT2D eigenvalue weighted by Crippen LogP contribution is -2.01. The first-order valence-corrected chi connectivity index (χ1v) is 5.97. The molecule has 0 spiro atoms. The Labute approximate surface area is 97.3 Å². The smallest absolute Gasteiger partial charge is 0.112 e. The Bertz CT molecular complexity index is 507. The van der Waals surface area contributed by atoms with Crippen molar-refractivity contribution in [3.63, 3.8) is 0 Å². The number of para-hydroxylation sites is 1. The van der Waals surface area contributed by atoms with Crippen LogP contribution in [-0.4, -0.2) is 9.55 Å². The van der Waals surface area contributed by atoms with Gasteiger partial charge in [-0.2, -0.15) is 0 Å². The quantitative estimate of drug-likeness (QED) is 0.746. The maximum Gasteiger partial charge on any atom is 0.112 e. The Morgan fingerprint density at radius 1 is 1.06 bits per heavy atom. The zero-order valence-electron chi connectivity index (χ0n) is 10.8. The molecule has 86 valence electrons. The number of hydrogen-bond donors (Lipinski definition) is 0. The molecule has 0 bridgehead atoms. The van der Waals surface area contributed by atoms with Crippen LogP contribution < -0.4 is 0 Å². The zero-order chi connectivity index (χ0) is 11.9. The highest BCUT2D eigenvalue weighted by Gasteiger charge is 2.14. The van der Waals surface area contributed by atoms with Crippen LogP contribution in [0.1, 0.15) is 50.9 Å². The van der Waals surface area contributed by atoms with Crippen molar-refractivity contribution in [2.75, 3.05) is 0 Å². The van der Waals surface area contributed by atoms with Gasteiger partial charge in [-0.25, -0.2) is 4.98 Å². The molecule has 0 unspecified atom stereocenters. The molecule has 0 aliphatic carbocycles. The summed E-state index contributed by atoms with van der Waals surface area (Å²) in [5.74, 6) is 2.18. The van der Waals surface area contributed by atoms with Crippen LogP contribution in [0.15, 0.2) is 18.2 Å². The number of imidazole rings is 1. The minimum atomic E-state index is 0.470. The Morgan fingerprint density at radius 3 is 2.31 bits per heavy atom. The van der Waals surface area contributed by atoms with Gasteiger partial charge in [-0.3, -0.25) is 0 Å².